The summed E-state index contributed by atoms with van der Waals surface area (Å²) in [5.74, 6) is -4.17. The maximum Gasteiger partial charge on any atom is 0.300 e. The molecule has 0 saturated carbocycles. The largest absolute Gasteiger partial charge is 0.481 e. The van der Waals surface area contributed by atoms with E-state index in [4.69, 9.17) is 60.3 Å². The van der Waals surface area contributed by atoms with E-state index in [-0.39, 0.29) is 6.61 Å². The fourth-order valence-corrected chi connectivity index (χ4v) is 0.306. The first-order valence-electron chi connectivity index (χ1n) is 7.07. The number of nitrogens with one attached hydrogen (secondary N) is 1. The summed E-state index contributed by atoms with van der Waals surface area (Å²) in [6, 6.07) is 0. The number of aliphatic hydroxyl groups is 1. The summed E-state index contributed by atoms with van der Waals surface area (Å²) in [5.41, 5.74) is 5.13. The van der Waals surface area contributed by atoms with Crippen molar-refractivity contribution in [2.45, 2.75) is 34.6 Å². The van der Waals surface area contributed by atoms with Crippen molar-refractivity contribution in [3.05, 3.63) is 0 Å². The SMILES string of the molecule is CC(=O)O.CC(=O)O.CC(=O)O.CC(=O)O.CC(=O)O.NCCNCCO. The monoisotopic (exact) mass is 404 g/mol. The quantitative estimate of drug-likeness (QED) is 0.262. The standard InChI is InChI=1S/C4H12N2O.5C2H4O2/c5-1-2-6-3-4-7;5*1-2(3)4/h6-7H,1-5H2;5*1H3,(H,3,4). The normalized spacial score (nSPS) is 7.07. The topological polar surface area (TPSA) is 245 Å². The minimum Gasteiger partial charge on any atom is -0.481 e. The lowest BCUT2D eigenvalue weighted by atomic mass is 10.6. The van der Waals surface area contributed by atoms with Crippen LogP contribution >= 0.6 is 0 Å². The summed E-state index contributed by atoms with van der Waals surface area (Å²) < 4.78 is 0. The van der Waals surface area contributed by atoms with Crippen LogP contribution in [0.3, 0.4) is 0 Å². The van der Waals surface area contributed by atoms with E-state index in [2.05, 4.69) is 5.32 Å². The first-order valence-corrected chi connectivity index (χ1v) is 7.07. The van der Waals surface area contributed by atoms with E-state index in [0.717, 1.165) is 41.2 Å². The van der Waals surface area contributed by atoms with Crippen LogP contribution in [0.15, 0.2) is 0 Å². The maximum absolute atomic E-state index is 9.00. The number of carbonyl (C=O) groups is 5. The zero-order valence-electron chi connectivity index (χ0n) is 16.1. The molecule has 0 spiro atoms. The van der Waals surface area contributed by atoms with Crippen LogP contribution < -0.4 is 11.1 Å². The molecule has 0 aliphatic carbocycles. The van der Waals surface area contributed by atoms with Crippen LogP contribution in [0.25, 0.3) is 0 Å². The van der Waals surface area contributed by atoms with Crippen LogP contribution in [0.2, 0.25) is 0 Å². The predicted molar refractivity (Wildman–Crippen MR) is 95.6 cm³/mol. The second kappa shape index (κ2) is 38.7. The molecule has 0 aliphatic rings. The highest BCUT2D eigenvalue weighted by Crippen LogP contribution is 1.52. The Morgan fingerprint density at radius 3 is 0.926 bits per heavy atom. The molecule has 0 fully saturated rings. The van der Waals surface area contributed by atoms with Gasteiger partial charge < -0.3 is 41.7 Å². The third kappa shape index (κ3) is 6920. The predicted octanol–water partition coefficient (Wildman–Crippen LogP) is -1.02. The van der Waals surface area contributed by atoms with Crippen molar-refractivity contribution in [2.75, 3.05) is 26.2 Å². The number of aliphatic carboxylic acids is 5. The molecule has 0 aromatic heterocycles. The molecular formula is C14H32N2O11. The van der Waals surface area contributed by atoms with Gasteiger partial charge in [0.2, 0.25) is 0 Å². The number of hydrogen-bond donors (Lipinski definition) is 8. The molecule has 0 saturated heterocycles. The van der Waals surface area contributed by atoms with E-state index in [0.29, 0.717) is 13.1 Å². The summed E-state index contributed by atoms with van der Waals surface area (Å²) in [7, 11) is 0. The van der Waals surface area contributed by atoms with Crippen LogP contribution in [0.1, 0.15) is 34.6 Å². The van der Waals surface area contributed by atoms with Gasteiger partial charge in [0.1, 0.15) is 0 Å². The average molecular weight is 404 g/mol. The lowest BCUT2D eigenvalue weighted by Crippen LogP contribution is -2.24. The Balaban J connectivity index is -0.0000000500. The summed E-state index contributed by atoms with van der Waals surface area (Å²) in [6.45, 7) is 7.69. The van der Waals surface area contributed by atoms with Crippen molar-refractivity contribution < 1.29 is 54.6 Å². The van der Waals surface area contributed by atoms with E-state index >= 15 is 0 Å². The van der Waals surface area contributed by atoms with Crippen LogP contribution in [-0.4, -0.2) is 86.7 Å². The molecule has 13 heteroatoms. The second-order valence-corrected chi connectivity index (χ2v) is 3.86. The summed E-state index contributed by atoms with van der Waals surface area (Å²) in [6.07, 6.45) is 0. The number of nitrogens with two attached hydrogens (primary N) is 1. The minimum atomic E-state index is -0.833. The molecule has 0 radical (unpaired) electrons. The Hall–Kier alpha value is -2.77. The fourth-order valence-electron chi connectivity index (χ4n) is 0.306. The van der Waals surface area contributed by atoms with Gasteiger partial charge in [-0.05, 0) is 0 Å². The van der Waals surface area contributed by atoms with Gasteiger partial charge in [0.25, 0.3) is 29.8 Å². The van der Waals surface area contributed by atoms with Gasteiger partial charge in [-0.15, -0.1) is 0 Å². The Labute approximate surface area is 157 Å². The molecule has 0 rings (SSSR count). The smallest absolute Gasteiger partial charge is 0.300 e. The average Bonchev–Trinajstić information content (AvgIpc) is 2.35. The molecule has 0 bridgehead atoms. The number of carboxylic acid groups (broad SMARTS) is 5. The molecule has 27 heavy (non-hydrogen) atoms. The molecule has 0 atom stereocenters. The lowest BCUT2D eigenvalue weighted by molar-refractivity contribution is -0.135. The molecular weight excluding hydrogens is 372 g/mol. The minimum absolute atomic E-state index is 0.194. The van der Waals surface area contributed by atoms with Crippen LogP contribution in [-0.2, 0) is 24.0 Å². The molecule has 164 valence electrons. The first-order chi connectivity index (χ1) is 12.1. The van der Waals surface area contributed by atoms with E-state index in [9.17, 15) is 0 Å². The van der Waals surface area contributed by atoms with Gasteiger partial charge >= 0.3 is 0 Å². The molecule has 0 unspecified atom stereocenters. The molecule has 13 nitrogen and oxygen atoms in total. The van der Waals surface area contributed by atoms with Crippen LogP contribution in [0.5, 0.6) is 0 Å². The highest BCUT2D eigenvalue weighted by molar-refractivity contribution is 5.63. The van der Waals surface area contributed by atoms with Crippen molar-refractivity contribution in [1.29, 1.82) is 0 Å². The molecule has 0 heterocycles. The van der Waals surface area contributed by atoms with Gasteiger partial charge in [-0.2, -0.15) is 0 Å². The Bertz CT molecular complexity index is 280. The zero-order chi connectivity index (χ0) is 23.4. The van der Waals surface area contributed by atoms with E-state index < -0.39 is 29.8 Å². The van der Waals surface area contributed by atoms with Crippen LogP contribution in [0, 0.1) is 0 Å². The summed E-state index contributed by atoms with van der Waals surface area (Å²) in [5, 5.41) is 48.2. The fraction of sp³-hybridized carbons (Fsp3) is 0.643. The molecule has 0 aliphatic heterocycles. The maximum atomic E-state index is 9.00. The van der Waals surface area contributed by atoms with Gasteiger partial charge in [-0.25, -0.2) is 0 Å². The molecule has 0 aromatic rings. The highest BCUT2D eigenvalue weighted by atomic mass is 16.4. The van der Waals surface area contributed by atoms with Crippen molar-refractivity contribution in [2.24, 2.45) is 5.73 Å². The van der Waals surface area contributed by atoms with Gasteiger partial charge in [-0.1, -0.05) is 0 Å². The van der Waals surface area contributed by atoms with Gasteiger partial charge in [0.05, 0.1) is 6.61 Å². The van der Waals surface area contributed by atoms with Gasteiger partial charge in [0, 0.05) is 54.3 Å². The van der Waals surface area contributed by atoms with E-state index in [1.165, 1.54) is 0 Å². The number of carboxylic acids is 5. The van der Waals surface area contributed by atoms with Crippen molar-refractivity contribution in [1.82, 2.24) is 5.32 Å². The Kier molecular flexibility index (Phi) is 56.3. The number of hydrogen-bond acceptors (Lipinski definition) is 8. The first kappa shape index (κ1) is 39.3. The third-order valence-corrected chi connectivity index (χ3v) is 0.610. The van der Waals surface area contributed by atoms with E-state index in [1.54, 1.807) is 0 Å². The summed E-state index contributed by atoms with van der Waals surface area (Å²) in [4.78, 5) is 45.0. The number of aliphatic hydroxyl groups excluding tert-OH is 1. The van der Waals surface area contributed by atoms with E-state index in [1.807, 2.05) is 0 Å². The van der Waals surface area contributed by atoms with Gasteiger partial charge in [0.15, 0.2) is 0 Å². The highest BCUT2D eigenvalue weighted by Gasteiger charge is 1.77. The lowest BCUT2D eigenvalue weighted by Gasteiger charge is -1.95. The zero-order valence-corrected chi connectivity index (χ0v) is 16.1. The van der Waals surface area contributed by atoms with Crippen LogP contribution in [0.4, 0.5) is 0 Å². The molecule has 9 N–H and O–H groups in total. The Morgan fingerprint density at radius 1 is 0.630 bits per heavy atom. The van der Waals surface area contributed by atoms with Crippen molar-refractivity contribution in [3.8, 4) is 0 Å². The van der Waals surface area contributed by atoms with Crippen molar-refractivity contribution in [3.63, 3.8) is 0 Å². The molecule has 0 amide bonds. The third-order valence-electron chi connectivity index (χ3n) is 0.610. The van der Waals surface area contributed by atoms with Gasteiger partial charge in [-0.3, -0.25) is 24.0 Å². The summed E-state index contributed by atoms with van der Waals surface area (Å²) >= 11 is 0. The number of rotatable bonds is 4. The van der Waals surface area contributed by atoms with Crippen molar-refractivity contribution >= 4 is 29.8 Å². The molecule has 0 aromatic carbocycles. The Morgan fingerprint density at radius 2 is 0.815 bits per heavy atom. The second-order valence-electron chi connectivity index (χ2n) is 3.86.